The van der Waals surface area contributed by atoms with Gasteiger partial charge in [-0.3, -0.25) is 4.79 Å². The predicted octanol–water partition coefficient (Wildman–Crippen LogP) is 1.77. The van der Waals surface area contributed by atoms with Crippen molar-refractivity contribution in [2.45, 2.75) is 6.92 Å². The van der Waals surface area contributed by atoms with Gasteiger partial charge in [-0.2, -0.15) is 0 Å². The molecule has 0 aliphatic carbocycles. The van der Waals surface area contributed by atoms with Gasteiger partial charge in [0, 0.05) is 6.92 Å². The van der Waals surface area contributed by atoms with Crippen molar-refractivity contribution in [3.8, 4) is 0 Å². The van der Waals surface area contributed by atoms with Gasteiger partial charge in [-0.25, -0.2) is 0 Å². The van der Waals surface area contributed by atoms with Gasteiger partial charge in [0.15, 0.2) is 0 Å². The first-order valence-electron chi connectivity index (χ1n) is 2.93. The number of carbonyl (C=O) groups is 1. The van der Waals surface area contributed by atoms with E-state index in [-0.39, 0.29) is 27.7 Å². The van der Waals surface area contributed by atoms with Gasteiger partial charge in [0.25, 0.3) is 5.97 Å². The minimum atomic E-state index is -0.833. The first kappa shape index (κ1) is 13.2. The molecule has 1 rings (SSSR count). The monoisotopic (exact) mass is 340 g/mol. The molecule has 0 aliphatic rings. The molecule has 1 aromatic carbocycles. The summed E-state index contributed by atoms with van der Waals surface area (Å²) in [5.74, 6) is -0.833. The quantitative estimate of drug-likeness (QED) is 0.732. The van der Waals surface area contributed by atoms with E-state index in [0.29, 0.717) is 0 Å². The van der Waals surface area contributed by atoms with E-state index in [0.717, 1.165) is 6.92 Å². The van der Waals surface area contributed by atoms with Crippen LogP contribution in [0.3, 0.4) is 0 Å². The summed E-state index contributed by atoms with van der Waals surface area (Å²) in [6.45, 7) is 1.08. The maximum atomic E-state index is 9.00. The molecule has 0 spiro atoms. The van der Waals surface area contributed by atoms with Gasteiger partial charge in [-0.15, -0.1) is 0 Å². The minimum absolute atomic E-state index is 0. The van der Waals surface area contributed by atoms with Gasteiger partial charge in [0.2, 0.25) is 0 Å². The molecule has 55 valence electrons. The molecule has 0 bridgehead atoms. The van der Waals surface area contributed by atoms with Gasteiger partial charge in [0.05, 0.1) is 0 Å². The molecule has 0 fully saturated rings. The topological polar surface area (TPSA) is 37.3 Å². The van der Waals surface area contributed by atoms with Crippen LogP contribution in [0.4, 0.5) is 0 Å². The third kappa shape index (κ3) is 17.7. The molecule has 1 N–H and O–H groups in total. The second kappa shape index (κ2) is 9.63. The Labute approximate surface area is 86.8 Å². The summed E-state index contributed by atoms with van der Waals surface area (Å²) in [5.41, 5.74) is 0. The van der Waals surface area contributed by atoms with Gasteiger partial charge >= 0.3 is 27.7 Å². The summed E-state index contributed by atoms with van der Waals surface area (Å²) in [4.78, 5) is 9.00. The molecule has 1 radical (unpaired) electrons. The molecule has 0 atom stereocenters. The number of aliphatic carboxylic acids is 1. The predicted molar refractivity (Wildman–Crippen MR) is 39.8 cm³/mol. The van der Waals surface area contributed by atoms with Crippen LogP contribution in [0, 0.1) is 0 Å². The fourth-order valence-corrected chi connectivity index (χ4v) is 0.385. The molecule has 1 aromatic rings. The summed E-state index contributed by atoms with van der Waals surface area (Å²) in [6.07, 6.45) is 0. The van der Waals surface area contributed by atoms with Crippen molar-refractivity contribution in [2.24, 2.45) is 0 Å². The summed E-state index contributed by atoms with van der Waals surface area (Å²) in [7, 11) is 0. The van der Waals surface area contributed by atoms with Gasteiger partial charge in [0.1, 0.15) is 0 Å². The van der Waals surface area contributed by atoms with E-state index in [1.807, 2.05) is 36.4 Å². The molecule has 0 saturated heterocycles. The van der Waals surface area contributed by atoms with E-state index in [2.05, 4.69) is 0 Å². The van der Waals surface area contributed by atoms with Crippen molar-refractivity contribution < 1.29 is 37.6 Å². The minimum Gasteiger partial charge on any atom is -0.481 e. The van der Waals surface area contributed by atoms with Crippen LogP contribution < -0.4 is 0 Å². The standard InChI is InChI=1S/C6H6.C2H4O2.Hg/c1-2-4-6-5-3-1;1-2(3)4;/h1-6H;1H3,(H,3,4);/q;;+1. The molecule has 0 aliphatic heterocycles. The maximum absolute atomic E-state index is 9.00. The average Bonchev–Trinajstić information content (AvgIpc) is 1.90. The third-order valence-corrected chi connectivity index (χ3v) is 0.667. The van der Waals surface area contributed by atoms with E-state index in [4.69, 9.17) is 9.90 Å². The second-order valence-corrected chi connectivity index (χ2v) is 1.67. The molecule has 11 heavy (non-hydrogen) atoms. The smallest absolute Gasteiger partial charge is 0.481 e. The Morgan fingerprint density at radius 3 is 1.18 bits per heavy atom. The van der Waals surface area contributed by atoms with E-state index in [1.165, 1.54) is 0 Å². The van der Waals surface area contributed by atoms with Crippen molar-refractivity contribution in [1.29, 1.82) is 0 Å². The maximum Gasteiger partial charge on any atom is 1.00 e. The molecule has 0 unspecified atom stereocenters. The third-order valence-electron chi connectivity index (χ3n) is 0.667. The Kier molecular flexibility index (Phi) is 11.6. The fourth-order valence-electron chi connectivity index (χ4n) is 0.385. The first-order chi connectivity index (χ1) is 4.73. The van der Waals surface area contributed by atoms with Crippen LogP contribution in [0.15, 0.2) is 36.4 Å². The fraction of sp³-hybridized carbons (Fsp3) is 0.125. The van der Waals surface area contributed by atoms with Crippen molar-refractivity contribution in [1.82, 2.24) is 0 Å². The van der Waals surface area contributed by atoms with Gasteiger partial charge < -0.3 is 5.11 Å². The molecule has 0 saturated carbocycles. The number of carboxylic acid groups (broad SMARTS) is 1. The molecular weight excluding hydrogens is 329 g/mol. The molecule has 2 nitrogen and oxygen atoms in total. The van der Waals surface area contributed by atoms with Crippen LogP contribution in [0.2, 0.25) is 0 Å². The largest absolute Gasteiger partial charge is 1.00 e. The van der Waals surface area contributed by atoms with Crippen LogP contribution in [0.5, 0.6) is 0 Å². The van der Waals surface area contributed by atoms with Crippen LogP contribution in [0.25, 0.3) is 0 Å². The molecule has 0 aromatic heterocycles. The van der Waals surface area contributed by atoms with Crippen molar-refractivity contribution in [3.05, 3.63) is 36.4 Å². The Hall–Kier alpha value is -0.375. The molecular formula is C8H10HgO2+. The van der Waals surface area contributed by atoms with Crippen molar-refractivity contribution in [2.75, 3.05) is 0 Å². The van der Waals surface area contributed by atoms with Crippen LogP contribution >= 0.6 is 0 Å². The first-order valence-corrected chi connectivity index (χ1v) is 2.93. The number of hydrogen-bond acceptors (Lipinski definition) is 1. The van der Waals surface area contributed by atoms with Crippen molar-refractivity contribution in [3.63, 3.8) is 0 Å². The molecule has 3 heteroatoms. The molecule has 0 amide bonds. The van der Waals surface area contributed by atoms with E-state index in [1.54, 1.807) is 0 Å². The average molecular weight is 339 g/mol. The zero-order valence-corrected chi connectivity index (χ0v) is 12.0. The Balaban J connectivity index is 0. The summed E-state index contributed by atoms with van der Waals surface area (Å²) in [5, 5.41) is 7.42. The van der Waals surface area contributed by atoms with Gasteiger partial charge in [-0.05, 0) is 0 Å². The summed E-state index contributed by atoms with van der Waals surface area (Å²) >= 11 is 0. The second-order valence-electron chi connectivity index (χ2n) is 1.67. The molecule has 0 heterocycles. The van der Waals surface area contributed by atoms with Crippen LogP contribution in [0.1, 0.15) is 6.92 Å². The summed E-state index contributed by atoms with van der Waals surface area (Å²) in [6, 6.07) is 12.0. The number of carboxylic acids is 1. The Morgan fingerprint density at radius 2 is 1.09 bits per heavy atom. The SMILES string of the molecule is CC(=O)O.[Hg+].c1ccccc1. The number of rotatable bonds is 0. The Morgan fingerprint density at radius 1 is 1.00 bits per heavy atom. The van der Waals surface area contributed by atoms with E-state index < -0.39 is 5.97 Å². The summed E-state index contributed by atoms with van der Waals surface area (Å²) < 4.78 is 0. The number of benzene rings is 1. The Bertz CT molecular complexity index is 144. The van der Waals surface area contributed by atoms with Gasteiger partial charge in [-0.1, -0.05) is 36.4 Å². The van der Waals surface area contributed by atoms with Crippen molar-refractivity contribution >= 4 is 5.97 Å². The normalized spacial score (nSPS) is 6.64. The zero-order valence-electron chi connectivity index (χ0n) is 6.53. The van der Waals surface area contributed by atoms with E-state index >= 15 is 0 Å². The number of hydrogen-bond donors (Lipinski definition) is 1. The van der Waals surface area contributed by atoms with Crippen LogP contribution in [-0.4, -0.2) is 11.1 Å². The van der Waals surface area contributed by atoms with Crippen LogP contribution in [-0.2, 0) is 32.5 Å². The van der Waals surface area contributed by atoms with E-state index in [9.17, 15) is 0 Å². The zero-order chi connectivity index (χ0) is 7.82.